The number of benzene rings is 2. The Kier molecular flexibility index (Phi) is 3.28. The van der Waals surface area contributed by atoms with Gasteiger partial charge < -0.3 is 5.32 Å². The maximum Gasteiger partial charge on any atom is 0.251 e. The average molecular weight is 286 g/mol. The van der Waals surface area contributed by atoms with Crippen LogP contribution in [-0.2, 0) is 0 Å². The second-order valence-electron chi connectivity index (χ2n) is 4.30. The molecule has 3 rings (SSSR count). The normalized spacial score (nSPS) is 12.3. The van der Waals surface area contributed by atoms with Crippen molar-refractivity contribution in [2.24, 2.45) is 4.99 Å². The maximum atomic E-state index is 13.2. The summed E-state index contributed by atoms with van der Waals surface area (Å²) in [6.45, 7) is 0. The molecule has 0 aliphatic carbocycles. The zero-order chi connectivity index (χ0) is 14.1. The van der Waals surface area contributed by atoms with Gasteiger partial charge in [0.15, 0.2) is 0 Å². The van der Waals surface area contributed by atoms with Gasteiger partial charge in [-0.15, -0.1) is 0 Å². The van der Waals surface area contributed by atoms with Gasteiger partial charge in [-0.3, -0.25) is 9.79 Å². The SMILES string of the molecule is CNC(=O)c1ccc2c(c1)N=Cc1cc(F)ccc1S2. The second-order valence-corrected chi connectivity index (χ2v) is 5.39. The van der Waals surface area contributed by atoms with Crippen LogP contribution in [0.5, 0.6) is 0 Å². The van der Waals surface area contributed by atoms with Gasteiger partial charge in [-0.2, -0.15) is 0 Å². The number of amides is 1. The molecule has 2 aromatic rings. The molecule has 1 amide bonds. The van der Waals surface area contributed by atoms with Crippen molar-refractivity contribution in [3.05, 3.63) is 53.3 Å². The Morgan fingerprint density at radius 3 is 2.80 bits per heavy atom. The Hall–Kier alpha value is -2.14. The Balaban J connectivity index is 2.06. The van der Waals surface area contributed by atoms with Crippen molar-refractivity contribution in [2.75, 3.05) is 7.05 Å². The van der Waals surface area contributed by atoms with E-state index in [1.807, 2.05) is 6.07 Å². The predicted octanol–water partition coefficient (Wildman–Crippen LogP) is 3.40. The van der Waals surface area contributed by atoms with Gasteiger partial charge >= 0.3 is 0 Å². The third-order valence-electron chi connectivity index (χ3n) is 2.98. The molecule has 0 saturated carbocycles. The molecule has 0 saturated heterocycles. The van der Waals surface area contributed by atoms with E-state index < -0.39 is 0 Å². The molecular formula is C15H11FN2OS. The van der Waals surface area contributed by atoms with Gasteiger partial charge in [0.25, 0.3) is 5.91 Å². The summed E-state index contributed by atoms with van der Waals surface area (Å²) in [5.74, 6) is -0.436. The molecule has 100 valence electrons. The van der Waals surface area contributed by atoms with Crippen LogP contribution in [0.25, 0.3) is 0 Å². The lowest BCUT2D eigenvalue weighted by molar-refractivity contribution is 0.0963. The molecule has 0 unspecified atom stereocenters. The van der Waals surface area contributed by atoms with Gasteiger partial charge in [-0.1, -0.05) is 11.8 Å². The Morgan fingerprint density at radius 2 is 2.00 bits per heavy atom. The first-order valence-electron chi connectivity index (χ1n) is 6.05. The van der Waals surface area contributed by atoms with E-state index >= 15 is 0 Å². The summed E-state index contributed by atoms with van der Waals surface area (Å²) < 4.78 is 13.2. The molecule has 0 bridgehead atoms. The summed E-state index contributed by atoms with van der Waals surface area (Å²) in [5, 5.41) is 2.58. The van der Waals surface area contributed by atoms with Crippen LogP contribution >= 0.6 is 11.8 Å². The van der Waals surface area contributed by atoms with Crippen molar-refractivity contribution in [3.63, 3.8) is 0 Å². The number of fused-ring (bicyclic) bond motifs is 2. The minimum atomic E-state index is -0.284. The first kappa shape index (κ1) is 12.9. The van der Waals surface area contributed by atoms with Crippen LogP contribution < -0.4 is 5.32 Å². The van der Waals surface area contributed by atoms with E-state index in [1.54, 1.807) is 31.5 Å². The van der Waals surface area contributed by atoms with Gasteiger partial charge in [-0.05, 0) is 36.4 Å². The highest BCUT2D eigenvalue weighted by Gasteiger charge is 2.14. The van der Waals surface area contributed by atoms with E-state index in [0.717, 1.165) is 15.4 Å². The van der Waals surface area contributed by atoms with Gasteiger partial charge in [0, 0.05) is 34.2 Å². The average Bonchev–Trinajstić information content (AvgIpc) is 2.64. The van der Waals surface area contributed by atoms with E-state index in [0.29, 0.717) is 11.3 Å². The van der Waals surface area contributed by atoms with E-state index in [4.69, 9.17) is 0 Å². The van der Waals surface area contributed by atoms with Crippen LogP contribution in [0.1, 0.15) is 15.9 Å². The van der Waals surface area contributed by atoms with Crippen molar-refractivity contribution < 1.29 is 9.18 Å². The number of nitrogens with zero attached hydrogens (tertiary/aromatic N) is 1. The van der Waals surface area contributed by atoms with E-state index in [9.17, 15) is 9.18 Å². The van der Waals surface area contributed by atoms with Crippen LogP contribution in [0.4, 0.5) is 10.1 Å². The highest BCUT2D eigenvalue weighted by molar-refractivity contribution is 7.99. The fraction of sp³-hybridized carbons (Fsp3) is 0.0667. The lowest BCUT2D eigenvalue weighted by Gasteiger charge is -2.06. The largest absolute Gasteiger partial charge is 0.355 e. The summed E-state index contributed by atoms with van der Waals surface area (Å²) in [6, 6.07) is 9.99. The van der Waals surface area contributed by atoms with Gasteiger partial charge in [0.05, 0.1) is 5.69 Å². The number of carbonyl (C=O) groups excluding carboxylic acids is 1. The number of hydrogen-bond acceptors (Lipinski definition) is 3. The van der Waals surface area contributed by atoms with Crippen molar-refractivity contribution in [1.82, 2.24) is 5.32 Å². The first-order chi connectivity index (χ1) is 9.67. The molecular weight excluding hydrogens is 275 g/mol. The number of aliphatic imine (C=N–C) groups is 1. The molecule has 3 nitrogen and oxygen atoms in total. The van der Waals surface area contributed by atoms with Gasteiger partial charge in [-0.25, -0.2) is 4.39 Å². The van der Waals surface area contributed by atoms with Crippen LogP contribution in [0.3, 0.4) is 0 Å². The highest BCUT2D eigenvalue weighted by atomic mass is 32.2. The van der Waals surface area contributed by atoms with Crippen LogP contribution in [0, 0.1) is 5.82 Å². The third-order valence-corrected chi connectivity index (χ3v) is 4.14. The summed E-state index contributed by atoms with van der Waals surface area (Å²) in [7, 11) is 1.59. The number of nitrogens with one attached hydrogen (secondary N) is 1. The summed E-state index contributed by atoms with van der Waals surface area (Å²) in [5.41, 5.74) is 2.02. The van der Waals surface area contributed by atoms with Crippen molar-refractivity contribution in [3.8, 4) is 0 Å². The van der Waals surface area contributed by atoms with Crippen LogP contribution in [0.2, 0.25) is 0 Å². The number of carbonyl (C=O) groups is 1. The number of hydrogen-bond donors (Lipinski definition) is 1. The standard InChI is InChI=1S/C15H11FN2OS/c1-17-15(19)9-2-4-14-12(7-9)18-8-10-6-11(16)3-5-13(10)20-14/h2-8H,1H3,(H,17,19). The zero-order valence-corrected chi connectivity index (χ0v) is 11.5. The van der Waals surface area contributed by atoms with Crippen LogP contribution in [-0.4, -0.2) is 19.2 Å². The van der Waals surface area contributed by atoms with E-state index in [-0.39, 0.29) is 11.7 Å². The molecule has 0 spiro atoms. The topological polar surface area (TPSA) is 41.5 Å². The molecule has 0 aromatic heterocycles. The Morgan fingerprint density at radius 1 is 1.20 bits per heavy atom. The maximum absolute atomic E-state index is 13.2. The summed E-state index contributed by atoms with van der Waals surface area (Å²) in [4.78, 5) is 17.9. The minimum absolute atomic E-state index is 0.152. The molecule has 0 atom stereocenters. The second kappa shape index (κ2) is 5.09. The Bertz CT molecular complexity index is 728. The van der Waals surface area contributed by atoms with E-state index in [2.05, 4.69) is 10.3 Å². The summed E-state index contributed by atoms with van der Waals surface area (Å²) >= 11 is 1.52. The molecule has 1 aliphatic heterocycles. The lowest BCUT2D eigenvalue weighted by atomic mass is 10.2. The fourth-order valence-electron chi connectivity index (χ4n) is 1.96. The fourth-order valence-corrected chi connectivity index (χ4v) is 2.92. The van der Waals surface area contributed by atoms with Crippen molar-refractivity contribution >= 4 is 29.6 Å². The summed E-state index contributed by atoms with van der Waals surface area (Å²) in [6.07, 6.45) is 1.63. The lowest BCUT2D eigenvalue weighted by Crippen LogP contribution is -2.17. The predicted molar refractivity (Wildman–Crippen MR) is 77.6 cm³/mol. The van der Waals surface area contributed by atoms with Crippen LogP contribution in [0.15, 0.2) is 51.2 Å². The quantitative estimate of drug-likeness (QED) is 0.745. The number of halogens is 1. The van der Waals surface area contributed by atoms with Gasteiger partial charge in [0.1, 0.15) is 5.82 Å². The van der Waals surface area contributed by atoms with Crippen molar-refractivity contribution in [2.45, 2.75) is 9.79 Å². The third kappa shape index (κ3) is 2.32. The molecule has 20 heavy (non-hydrogen) atoms. The molecule has 1 heterocycles. The Labute approximate surface area is 119 Å². The smallest absolute Gasteiger partial charge is 0.251 e. The first-order valence-corrected chi connectivity index (χ1v) is 6.86. The number of rotatable bonds is 1. The molecule has 0 radical (unpaired) electrons. The van der Waals surface area contributed by atoms with Gasteiger partial charge in [0.2, 0.25) is 0 Å². The molecule has 5 heteroatoms. The molecule has 1 N–H and O–H groups in total. The highest BCUT2D eigenvalue weighted by Crippen LogP contribution is 2.39. The minimum Gasteiger partial charge on any atom is -0.355 e. The monoisotopic (exact) mass is 286 g/mol. The van der Waals surface area contributed by atoms with E-state index in [1.165, 1.54) is 23.9 Å². The zero-order valence-electron chi connectivity index (χ0n) is 10.7. The molecule has 0 fully saturated rings. The van der Waals surface area contributed by atoms with Crippen molar-refractivity contribution in [1.29, 1.82) is 0 Å². The molecule has 1 aliphatic rings. The molecule has 2 aromatic carbocycles.